The van der Waals surface area contributed by atoms with Crippen molar-refractivity contribution in [2.24, 2.45) is 7.05 Å². The Kier molecular flexibility index (Phi) is 5.12. The Labute approximate surface area is 183 Å². The zero-order valence-electron chi connectivity index (χ0n) is 18.0. The van der Waals surface area contributed by atoms with Gasteiger partial charge in [0.05, 0.1) is 30.0 Å². The van der Waals surface area contributed by atoms with E-state index in [0.717, 1.165) is 37.3 Å². The standard InChI is InChI=1S/C21H25F2N9/c1-21(23)8-17(31-5-3-24-4-6-31)7-14(18(21)22)12-32-19-15(10-27-32)9-25-20(29-19)28-16-11-26-30(2)13-16/h7-11,13,18,24H,3-6,12H2,1-2H3,(H,25,28,29). The molecule has 1 aliphatic carbocycles. The number of halogens is 2. The van der Waals surface area contributed by atoms with E-state index in [2.05, 4.69) is 35.7 Å². The number of aromatic nitrogens is 6. The molecule has 5 rings (SSSR count). The number of rotatable bonds is 5. The number of anilines is 2. The molecule has 2 unspecified atom stereocenters. The molecule has 32 heavy (non-hydrogen) atoms. The van der Waals surface area contributed by atoms with Crippen LogP contribution in [0.2, 0.25) is 0 Å². The maximum Gasteiger partial charge on any atom is 0.229 e. The lowest BCUT2D eigenvalue weighted by molar-refractivity contribution is 0.126. The van der Waals surface area contributed by atoms with Crippen LogP contribution in [0.15, 0.2) is 48.2 Å². The van der Waals surface area contributed by atoms with Crippen molar-refractivity contribution < 1.29 is 8.78 Å². The van der Waals surface area contributed by atoms with E-state index in [4.69, 9.17) is 0 Å². The predicted molar refractivity (Wildman–Crippen MR) is 117 cm³/mol. The largest absolute Gasteiger partial charge is 0.369 e. The Bertz CT molecular complexity index is 1190. The van der Waals surface area contributed by atoms with Crippen molar-refractivity contribution in [1.82, 2.24) is 39.7 Å². The first-order valence-electron chi connectivity index (χ1n) is 10.6. The van der Waals surface area contributed by atoms with Crippen molar-refractivity contribution in [1.29, 1.82) is 0 Å². The Morgan fingerprint density at radius 1 is 1.22 bits per heavy atom. The van der Waals surface area contributed by atoms with Gasteiger partial charge in [0, 0.05) is 51.3 Å². The number of hydrogen-bond donors (Lipinski definition) is 2. The van der Waals surface area contributed by atoms with Gasteiger partial charge in [-0.2, -0.15) is 15.2 Å². The summed E-state index contributed by atoms with van der Waals surface area (Å²) < 4.78 is 33.5. The molecule has 1 fully saturated rings. The van der Waals surface area contributed by atoms with Crippen LogP contribution >= 0.6 is 0 Å². The number of alkyl halides is 2. The van der Waals surface area contributed by atoms with Crippen LogP contribution < -0.4 is 10.6 Å². The van der Waals surface area contributed by atoms with Crippen molar-refractivity contribution in [2.45, 2.75) is 25.3 Å². The van der Waals surface area contributed by atoms with E-state index < -0.39 is 11.8 Å². The summed E-state index contributed by atoms with van der Waals surface area (Å²) in [4.78, 5) is 10.9. The predicted octanol–water partition coefficient (Wildman–Crippen LogP) is 2.10. The van der Waals surface area contributed by atoms with Crippen LogP contribution in [0.3, 0.4) is 0 Å². The molecule has 1 saturated heterocycles. The Hall–Kier alpha value is -3.34. The summed E-state index contributed by atoms with van der Waals surface area (Å²) in [6, 6.07) is 0. The molecule has 2 N–H and O–H groups in total. The molecular weight excluding hydrogens is 416 g/mol. The summed E-state index contributed by atoms with van der Waals surface area (Å²) in [6.07, 6.45) is 8.13. The van der Waals surface area contributed by atoms with Gasteiger partial charge in [-0.3, -0.25) is 4.68 Å². The van der Waals surface area contributed by atoms with Crippen molar-refractivity contribution in [2.75, 3.05) is 31.5 Å². The van der Waals surface area contributed by atoms with E-state index in [0.29, 0.717) is 22.9 Å². The number of hydrogen-bond acceptors (Lipinski definition) is 7. The molecule has 4 heterocycles. The molecule has 2 atom stereocenters. The fraction of sp³-hybridized carbons (Fsp3) is 0.429. The third kappa shape index (κ3) is 3.95. The molecule has 9 nitrogen and oxygen atoms in total. The van der Waals surface area contributed by atoms with Crippen LogP contribution in [0.5, 0.6) is 0 Å². The van der Waals surface area contributed by atoms with Crippen LogP contribution in [0.25, 0.3) is 11.0 Å². The van der Waals surface area contributed by atoms with E-state index in [9.17, 15) is 0 Å². The topological polar surface area (TPSA) is 88.7 Å². The third-order valence-electron chi connectivity index (χ3n) is 5.74. The monoisotopic (exact) mass is 441 g/mol. The quantitative estimate of drug-likeness (QED) is 0.627. The van der Waals surface area contributed by atoms with Crippen LogP contribution in [0.4, 0.5) is 20.4 Å². The third-order valence-corrected chi connectivity index (χ3v) is 5.74. The minimum absolute atomic E-state index is 0.0942. The summed E-state index contributed by atoms with van der Waals surface area (Å²) >= 11 is 0. The molecular formula is C21H25F2N9. The number of allylic oxidation sites excluding steroid dienone is 3. The van der Waals surface area contributed by atoms with Gasteiger partial charge in [-0.1, -0.05) is 0 Å². The highest BCUT2D eigenvalue weighted by Crippen LogP contribution is 2.35. The lowest BCUT2D eigenvalue weighted by Gasteiger charge is -2.36. The minimum Gasteiger partial charge on any atom is -0.369 e. The van der Waals surface area contributed by atoms with Crippen LogP contribution in [-0.4, -0.2) is 72.4 Å². The second-order valence-electron chi connectivity index (χ2n) is 8.34. The van der Waals surface area contributed by atoms with Gasteiger partial charge in [0.2, 0.25) is 5.95 Å². The van der Waals surface area contributed by atoms with Gasteiger partial charge in [-0.05, 0) is 24.6 Å². The summed E-state index contributed by atoms with van der Waals surface area (Å²) in [7, 11) is 1.82. The zero-order chi connectivity index (χ0) is 22.3. The number of piperazine rings is 1. The molecule has 0 aromatic carbocycles. The van der Waals surface area contributed by atoms with Crippen molar-refractivity contribution >= 4 is 22.7 Å². The highest BCUT2D eigenvalue weighted by atomic mass is 19.2. The molecule has 1 aliphatic heterocycles. The molecule has 0 bridgehead atoms. The van der Waals surface area contributed by atoms with Crippen molar-refractivity contribution in [3.05, 3.63) is 48.2 Å². The van der Waals surface area contributed by atoms with Gasteiger partial charge in [-0.15, -0.1) is 0 Å². The van der Waals surface area contributed by atoms with Crippen LogP contribution in [-0.2, 0) is 13.6 Å². The Morgan fingerprint density at radius 2 is 2.03 bits per heavy atom. The first-order chi connectivity index (χ1) is 15.4. The first kappa shape index (κ1) is 20.6. The fourth-order valence-electron chi connectivity index (χ4n) is 4.09. The van der Waals surface area contributed by atoms with Gasteiger partial charge >= 0.3 is 0 Å². The Morgan fingerprint density at radius 3 is 2.78 bits per heavy atom. The fourth-order valence-corrected chi connectivity index (χ4v) is 4.09. The molecule has 168 valence electrons. The average molecular weight is 441 g/mol. The second kappa shape index (κ2) is 7.97. The van der Waals surface area contributed by atoms with Gasteiger partial charge in [0.1, 0.15) is 0 Å². The summed E-state index contributed by atoms with van der Waals surface area (Å²) in [5.74, 6) is 0.374. The van der Waals surface area contributed by atoms with E-state index in [1.165, 1.54) is 13.0 Å². The summed E-state index contributed by atoms with van der Waals surface area (Å²) in [5.41, 5.74) is 0.241. The maximum atomic E-state index is 15.2. The molecule has 3 aromatic heterocycles. The van der Waals surface area contributed by atoms with E-state index >= 15 is 8.78 Å². The van der Waals surface area contributed by atoms with E-state index in [1.807, 2.05) is 7.05 Å². The van der Waals surface area contributed by atoms with Crippen LogP contribution in [0.1, 0.15) is 6.92 Å². The van der Waals surface area contributed by atoms with Crippen LogP contribution in [0, 0.1) is 0 Å². The van der Waals surface area contributed by atoms with Crippen molar-refractivity contribution in [3.63, 3.8) is 0 Å². The highest BCUT2D eigenvalue weighted by molar-refractivity contribution is 5.75. The SMILES string of the molecule is Cn1cc(Nc2ncc3cnn(CC4=CC(N5CCNCC5)=CC(C)(F)C4F)c3n2)cn1. The molecule has 0 saturated carbocycles. The molecule has 0 radical (unpaired) electrons. The molecule has 11 heteroatoms. The minimum atomic E-state index is -2.09. The molecule has 3 aromatic rings. The normalized spacial score (nSPS) is 23.9. The maximum absolute atomic E-state index is 15.2. The number of nitrogens with one attached hydrogen (secondary N) is 2. The number of fused-ring (bicyclic) bond motifs is 1. The number of aryl methyl sites for hydroxylation is 1. The average Bonchev–Trinajstić information content (AvgIpc) is 3.37. The lowest BCUT2D eigenvalue weighted by atomic mass is 9.89. The first-order valence-corrected chi connectivity index (χ1v) is 10.6. The van der Waals surface area contributed by atoms with E-state index in [1.54, 1.807) is 40.2 Å². The van der Waals surface area contributed by atoms with E-state index in [-0.39, 0.29) is 6.54 Å². The summed E-state index contributed by atoms with van der Waals surface area (Å²) in [6.45, 7) is 4.52. The number of nitrogens with zero attached hydrogens (tertiary/aromatic N) is 7. The smallest absolute Gasteiger partial charge is 0.229 e. The zero-order valence-corrected chi connectivity index (χ0v) is 18.0. The summed E-state index contributed by atoms with van der Waals surface area (Å²) in [5, 5.41) is 15.6. The molecule has 0 spiro atoms. The highest BCUT2D eigenvalue weighted by Gasteiger charge is 2.39. The second-order valence-corrected chi connectivity index (χ2v) is 8.34. The van der Waals surface area contributed by atoms with Gasteiger partial charge in [-0.25, -0.2) is 18.4 Å². The van der Waals surface area contributed by atoms with Crippen molar-refractivity contribution in [3.8, 4) is 0 Å². The molecule has 0 amide bonds. The van der Waals surface area contributed by atoms with Gasteiger partial charge in [0.15, 0.2) is 17.5 Å². The Balaban J connectivity index is 1.44. The van der Waals surface area contributed by atoms with Gasteiger partial charge in [0.25, 0.3) is 0 Å². The van der Waals surface area contributed by atoms with Gasteiger partial charge < -0.3 is 15.5 Å². The lowest BCUT2D eigenvalue weighted by Crippen LogP contribution is -2.45. The molecule has 2 aliphatic rings.